The molecule has 0 aliphatic carbocycles. The van der Waals surface area contributed by atoms with Crippen LogP contribution in [0.3, 0.4) is 0 Å². The smallest absolute Gasteiger partial charge is 0.243 e. The van der Waals surface area contributed by atoms with Crippen molar-refractivity contribution in [1.82, 2.24) is 15.0 Å². The number of primary amides is 1. The summed E-state index contributed by atoms with van der Waals surface area (Å²) in [6.45, 7) is 9.91. The number of hydrogen-bond acceptors (Lipinski definition) is 5. The lowest BCUT2D eigenvalue weighted by molar-refractivity contribution is -0.123. The van der Waals surface area contributed by atoms with Gasteiger partial charge in [0.15, 0.2) is 5.82 Å². The number of likely N-dealkylation sites (tertiary alicyclic amines) is 1. The minimum Gasteiger partial charge on any atom is -0.369 e. The van der Waals surface area contributed by atoms with Crippen LogP contribution in [0.1, 0.15) is 58.3 Å². The highest BCUT2D eigenvalue weighted by molar-refractivity contribution is 5.76. The molecule has 112 valence electrons. The number of nitrogens with two attached hydrogens (primary N) is 1. The first-order valence-corrected chi connectivity index (χ1v) is 7.16. The Labute approximate surface area is 119 Å². The molecule has 1 amide bonds. The molecule has 20 heavy (non-hydrogen) atoms. The van der Waals surface area contributed by atoms with E-state index in [9.17, 15) is 4.79 Å². The number of piperidine rings is 1. The maximum absolute atomic E-state index is 11.2. The minimum atomic E-state index is -0.190. The molecule has 6 nitrogen and oxygen atoms in total. The van der Waals surface area contributed by atoms with Gasteiger partial charge in [-0.25, -0.2) is 0 Å². The second kappa shape index (κ2) is 5.52. The van der Waals surface area contributed by atoms with E-state index >= 15 is 0 Å². The Hall–Kier alpha value is -1.43. The summed E-state index contributed by atoms with van der Waals surface area (Å²) in [5.74, 6) is 1.19. The summed E-state index contributed by atoms with van der Waals surface area (Å²) in [5.41, 5.74) is 5.24. The zero-order chi connectivity index (χ0) is 14.9. The van der Waals surface area contributed by atoms with E-state index in [1.807, 2.05) is 0 Å². The fourth-order valence-corrected chi connectivity index (χ4v) is 2.44. The van der Waals surface area contributed by atoms with E-state index in [1.54, 1.807) is 0 Å². The van der Waals surface area contributed by atoms with Crippen molar-refractivity contribution in [3.05, 3.63) is 11.7 Å². The highest BCUT2D eigenvalue weighted by atomic mass is 16.5. The Bertz CT molecular complexity index is 470. The van der Waals surface area contributed by atoms with Crippen LogP contribution in [-0.2, 0) is 10.2 Å². The predicted molar refractivity (Wildman–Crippen MR) is 74.9 cm³/mol. The monoisotopic (exact) mass is 280 g/mol. The molecule has 2 N–H and O–H groups in total. The Morgan fingerprint density at radius 1 is 1.40 bits per heavy atom. The van der Waals surface area contributed by atoms with Crippen molar-refractivity contribution in [2.45, 2.75) is 52.0 Å². The van der Waals surface area contributed by atoms with Gasteiger partial charge in [-0.15, -0.1) is 0 Å². The van der Waals surface area contributed by atoms with Crippen LogP contribution >= 0.6 is 0 Å². The molecule has 1 aromatic heterocycles. The predicted octanol–water partition coefficient (Wildman–Crippen LogP) is 1.63. The maximum atomic E-state index is 11.2. The van der Waals surface area contributed by atoms with Crippen LogP contribution in [0.2, 0.25) is 0 Å². The normalized spacial score (nSPS) is 20.0. The van der Waals surface area contributed by atoms with Crippen molar-refractivity contribution in [2.24, 2.45) is 11.7 Å². The molecular weight excluding hydrogens is 256 g/mol. The van der Waals surface area contributed by atoms with Crippen LogP contribution < -0.4 is 5.73 Å². The van der Waals surface area contributed by atoms with Gasteiger partial charge < -0.3 is 10.3 Å². The lowest BCUT2D eigenvalue weighted by atomic mass is 9.95. The van der Waals surface area contributed by atoms with Gasteiger partial charge in [0, 0.05) is 11.3 Å². The Morgan fingerprint density at radius 2 is 2.00 bits per heavy atom. The lowest BCUT2D eigenvalue weighted by Crippen LogP contribution is -2.39. The molecule has 0 radical (unpaired) electrons. The third kappa shape index (κ3) is 3.17. The van der Waals surface area contributed by atoms with Gasteiger partial charge in [-0.3, -0.25) is 9.69 Å². The topological polar surface area (TPSA) is 85.2 Å². The molecule has 0 saturated carbocycles. The van der Waals surface area contributed by atoms with Gasteiger partial charge >= 0.3 is 0 Å². The first-order chi connectivity index (χ1) is 9.29. The number of aromatic nitrogens is 2. The van der Waals surface area contributed by atoms with E-state index in [1.165, 1.54) is 0 Å². The zero-order valence-corrected chi connectivity index (χ0v) is 12.7. The molecule has 6 heteroatoms. The van der Waals surface area contributed by atoms with Crippen LogP contribution in [0, 0.1) is 5.92 Å². The van der Waals surface area contributed by atoms with Gasteiger partial charge in [0.1, 0.15) is 0 Å². The fraction of sp³-hybridized carbons (Fsp3) is 0.786. The number of nitrogens with zero attached hydrogens (tertiary/aromatic N) is 3. The molecule has 1 fully saturated rings. The average Bonchev–Trinajstić information content (AvgIpc) is 2.87. The third-order valence-electron chi connectivity index (χ3n) is 3.95. The van der Waals surface area contributed by atoms with E-state index < -0.39 is 0 Å². The average molecular weight is 280 g/mol. The van der Waals surface area contributed by atoms with Crippen molar-refractivity contribution in [3.8, 4) is 0 Å². The molecule has 0 unspecified atom stereocenters. The summed E-state index contributed by atoms with van der Waals surface area (Å²) in [6, 6.07) is 0.0763. The van der Waals surface area contributed by atoms with Gasteiger partial charge in [-0.1, -0.05) is 25.9 Å². The standard InChI is InChI=1S/C14H24N4O2/c1-9(12-16-13(17-20-12)14(2,3)4)18-7-5-10(6-8-18)11(15)19/h9-10H,5-8H2,1-4H3,(H2,15,19)/t9-/m1/s1. The van der Waals surface area contributed by atoms with E-state index in [0.717, 1.165) is 31.8 Å². The van der Waals surface area contributed by atoms with E-state index in [-0.39, 0.29) is 23.3 Å². The van der Waals surface area contributed by atoms with E-state index in [2.05, 4.69) is 42.7 Å². The number of amides is 1. The summed E-state index contributed by atoms with van der Waals surface area (Å²) in [6.07, 6.45) is 1.61. The van der Waals surface area contributed by atoms with Crippen LogP contribution in [-0.4, -0.2) is 34.0 Å². The second-order valence-electron chi connectivity index (χ2n) is 6.59. The number of carbonyl (C=O) groups excluding carboxylic acids is 1. The summed E-state index contributed by atoms with van der Waals surface area (Å²) < 4.78 is 5.39. The molecule has 1 atom stereocenters. The first-order valence-electron chi connectivity index (χ1n) is 7.16. The molecule has 2 heterocycles. The molecule has 0 bridgehead atoms. The van der Waals surface area contributed by atoms with Gasteiger partial charge in [-0.2, -0.15) is 4.98 Å². The lowest BCUT2D eigenvalue weighted by Gasteiger charge is -2.33. The maximum Gasteiger partial charge on any atom is 0.243 e. The van der Waals surface area contributed by atoms with Crippen molar-refractivity contribution in [2.75, 3.05) is 13.1 Å². The van der Waals surface area contributed by atoms with Crippen LogP contribution in [0.5, 0.6) is 0 Å². The van der Waals surface area contributed by atoms with Crippen molar-refractivity contribution in [1.29, 1.82) is 0 Å². The van der Waals surface area contributed by atoms with E-state index in [0.29, 0.717) is 5.89 Å². The molecule has 0 aromatic carbocycles. The highest BCUT2D eigenvalue weighted by Gasteiger charge is 2.30. The molecular formula is C14H24N4O2. The largest absolute Gasteiger partial charge is 0.369 e. The first kappa shape index (κ1) is 15.0. The third-order valence-corrected chi connectivity index (χ3v) is 3.95. The van der Waals surface area contributed by atoms with Crippen LogP contribution in [0.25, 0.3) is 0 Å². The van der Waals surface area contributed by atoms with Crippen molar-refractivity contribution < 1.29 is 9.32 Å². The molecule has 2 rings (SSSR count). The molecule has 1 saturated heterocycles. The highest BCUT2D eigenvalue weighted by Crippen LogP contribution is 2.27. The molecule has 1 aliphatic heterocycles. The van der Waals surface area contributed by atoms with Gasteiger partial charge in [0.2, 0.25) is 11.8 Å². The number of carbonyl (C=O) groups is 1. The molecule has 1 aliphatic rings. The van der Waals surface area contributed by atoms with Gasteiger partial charge in [-0.05, 0) is 32.9 Å². The fourth-order valence-electron chi connectivity index (χ4n) is 2.44. The zero-order valence-electron chi connectivity index (χ0n) is 12.7. The minimum absolute atomic E-state index is 0.00581. The van der Waals surface area contributed by atoms with Gasteiger partial charge in [0.05, 0.1) is 6.04 Å². The SMILES string of the molecule is C[C@H](c1nc(C(C)(C)C)no1)N1CCC(C(N)=O)CC1. The summed E-state index contributed by atoms with van der Waals surface area (Å²) in [4.78, 5) is 17.9. The van der Waals surface area contributed by atoms with Crippen LogP contribution in [0.15, 0.2) is 4.52 Å². The number of hydrogen-bond donors (Lipinski definition) is 1. The Kier molecular flexibility index (Phi) is 4.13. The Morgan fingerprint density at radius 3 is 2.45 bits per heavy atom. The van der Waals surface area contributed by atoms with Gasteiger partial charge in [0.25, 0.3) is 0 Å². The number of rotatable bonds is 3. The summed E-state index contributed by atoms with van der Waals surface area (Å²) >= 11 is 0. The van der Waals surface area contributed by atoms with Crippen LogP contribution in [0.4, 0.5) is 0 Å². The van der Waals surface area contributed by atoms with E-state index in [4.69, 9.17) is 10.3 Å². The Balaban J connectivity index is 2.00. The van der Waals surface area contributed by atoms with Crippen molar-refractivity contribution in [3.63, 3.8) is 0 Å². The summed E-state index contributed by atoms with van der Waals surface area (Å²) in [7, 11) is 0. The molecule has 0 spiro atoms. The second-order valence-corrected chi connectivity index (χ2v) is 6.59. The summed E-state index contributed by atoms with van der Waals surface area (Å²) in [5, 5.41) is 4.06. The van der Waals surface area contributed by atoms with Crippen molar-refractivity contribution >= 4 is 5.91 Å². The molecule has 1 aromatic rings. The quantitative estimate of drug-likeness (QED) is 0.909.